The Kier molecular flexibility index (Phi) is 4.06. The number of hydrogen-bond acceptors (Lipinski definition) is 1. The maximum absolute atomic E-state index is 13.0. The summed E-state index contributed by atoms with van der Waals surface area (Å²) in [5, 5.41) is 3.69. The Morgan fingerprint density at radius 1 is 1.28 bits per heavy atom. The predicted molar refractivity (Wildman–Crippen MR) is 73.9 cm³/mol. The van der Waals surface area contributed by atoms with Crippen molar-refractivity contribution in [2.24, 2.45) is 11.3 Å². The van der Waals surface area contributed by atoms with E-state index in [0.29, 0.717) is 11.5 Å². The summed E-state index contributed by atoms with van der Waals surface area (Å²) in [6, 6.07) is 7.37. The minimum Gasteiger partial charge on any atom is -0.309 e. The highest BCUT2D eigenvalue weighted by molar-refractivity contribution is 5.22. The van der Waals surface area contributed by atoms with Crippen LogP contribution in [0.1, 0.15) is 51.6 Å². The van der Waals surface area contributed by atoms with Crippen LogP contribution in [0.15, 0.2) is 24.3 Å². The summed E-state index contributed by atoms with van der Waals surface area (Å²) in [5.74, 6) is 0.588. The number of hydrogen-bond donors (Lipinski definition) is 1. The van der Waals surface area contributed by atoms with Crippen molar-refractivity contribution < 1.29 is 4.39 Å². The summed E-state index contributed by atoms with van der Waals surface area (Å²) >= 11 is 0. The lowest BCUT2D eigenvalue weighted by atomic mass is 9.89. The van der Waals surface area contributed by atoms with E-state index in [-0.39, 0.29) is 5.82 Å². The largest absolute Gasteiger partial charge is 0.309 e. The average Bonchev–Trinajstić information content (AvgIpc) is 3.16. The molecule has 0 radical (unpaired) electrons. The zero-order chi connectivity index (χ0) is 13.2. The Hall–Kier alpha value is -0.890. The molecule has 1 saturated carbocycles. The van der Waals surface area contributed by atoms with Gasteiger partial charge in [0.1, 0.15) is 5.82 Å². The van der Waals surface area contributed by atoms with Gasteiger partial charge in [-0.1, -0.05) is 32.9 Å². The normalized spacial score (nSPS) is 17.8. The summed E-state index contributed by atoms with van der Waals surface area (Å²) in [5.41, 5.74) is 1.55. The van der Waals surface area contributed by atoms with E-state index in [4.69, 9.17) is 0 Å². The van der Waals surface area contributed by atoms with Gasteiger partial charge in [0, 0.05) is 12.6 Å². The molecule has 1 aliphatic carbocycles. The van der Waals surface area contributed by atoms with Crippen LogP contribution in [0, 0.1) is 17.2 Å². The SMILES string of the molecule is CCC(C)(C)CNC(c1ccc(F)cc1)C1CC1. The molecule has 0 aliphatic heterocycles. The van der Waals surface area contributed by atoms with Crippen LogP contribution in [0.25, 0.3) is 0 Å². The van der Waals surface area contributed by atoms with Crippen molar-refractivity contribution in [1.82, 2.24) is 5.32 Å². The molecule has 0 aromatic heterocycles. The summed E-state index contributed by atoms with van der Waals surface area (Å²) in [7, 11) is 0. The lowest BCUT2D eigenvalue weighted by Gasteiger charge is -2.27. The molecule has 0 heterocycles. The molecule has 0 spiro atoms. The first-order chi connectivity index (χ1) is 8.52. The highest BCUT2D eigenvalue weighted by Crippen LogP contribution is 2.41. The van der Waals surface area contributed by atoms with Crippen LogP contribution in [-0.4, -0.2) is 6.54 Å². The number of nitrogens with one attached hydrogen (secondary N) is 1. The Morgan fingerprint density at radius 3 is 2.39 bits per heavy atom. The number of benzene rings is 1. The minimum atomic E-state index is -0.151. The molecule has 1 unspecified atom stereocenters. The smallest absolute Gasteiger partial charge is 0.123 e. The molecule has 1 N–H and O–H groups in total. The molecule has 1 aliphatic rings. The van der Waals surface area contributed by atoms with Crippen LogP contribution in [0.5, 0.6) is 0 Å². The minimum absolute atomic E-state index is 0.151. The summed E-state index contributed by atoms with van der Waals surface area (Å²) in [4.78, 5) is 0. The molecule has 1 aromatic carbocycles. The molecule has 1 nitrogen and oxygen atoms in total. The van der Waals surface area contributed by atoms with Crippen molar-refractivity contribution >= 4 is 0 Å². The van der Waals surface area contributed by atoms with Gasteiger partial charge in [-0.05, 0) is 48.3 Å². The van der Waals surface area contributed by atoms with Gasteiger partial charge in [-0.15, -0.1) is 0 Å². The van der Waals surface area contributed by atoms with E-state index in [1.165, 1.54) is 24.8 Å². The molecule has 1 fully saturated rings. The third-order valence-electron chi connectivity index (χ3n) is 4.08. The highest BCUT2D eigenvalue weighted by atomic mass is 19.1. The third kappa shape index (κ3) is 3.55. The average molecular weight is 249 g/mol. The van der Waals surface area contributed by atoms with Crippen LogP contribution >= 0.6 is 0 Å². The van der Waals surface area contributed by atoms with Crippen molar-refractivity contribution in [3.05, 3.63) is 35.6 Å². The first-order valence-corrected chi connectivity index (χ1v) is 7.01. The molecule has 0 amide bonds. The standard InChI is InChI=1S/C16H24FN/c1-4-16(2,3)11-18-15(12-5-6-12)13-7-9-14(17)10-8-13/h7-10,12,15,18H,4-6,11H2,1-3H3. The second-order valence-corrected chi connectivity index (χ2v) is 6.27. The van der Waals surface area contributed by atoms with Crippen molar-refractivity contribution in [3.63, 3.8) is 0 Å². The van der Waals surface area contributed by atoms with E-state index in [0.717, 1.165) is 12.5 Å². The van der Waals surface area contributed by atoms with E-state index in [1.807, 2.05) is 12.1 Å². The molecule has 2 heteroatoms. The summed E-state index contributed by atoms with van der Waals surface area (Å²) < 4.78 is 13.0. The molecule has 100 valence electrons. The monoisotopic (exact) mass is 249 g/mol. The van der Waals surface area contributed by atoms with Gasteiger partial charge < -0.3 is 5.32 Å². The molecule has 2 rings (SSSR count). The molecular formula is C16H24FN. The molecule has 1 aromatic rings. The quantitative estimate of drug-likeness (QED) is 0.792. The fourth-order valence-electron chi connectivity index (χ4n) is 2.17. The van der Waals surface area contributed by atoms with E-state index in [9.17, 15) is 4.39 Å². The Morgan fingerprint density at radius 2 is 1.89 bits per heavy atom. The van der Waals surface area contributed by atoms with Crippen molar-refractivity contribution in [2.45, 2.75) is 46.1 Å². The maximum atomic E-state index is 13.0. The van der Waals surface area contributed by atoms with E-state index >= 15 is 0 Å². The lowest BCUT2D eigenvalue weighted by Crippen LogP contribution is -2.33. The molecule has 1 atom stereocenters. The third-order valence-corrected chi connectivity index (χ3v) is 4.08. The second-order valence-electron chi connectivity index (χ2n) is 6.27. The summed E-state index contributed by atoms with van der Waals surface area (Å²) in [6.45, 7) is 7.82. The highest BCUT2D eigenvalue weighted by Gasteiger charge is 2.32. The van der Waals surface area contributed by atoms with Crippen molar-refractivity contribution in [3.8, 4) is 0 Å². The predicted octanol–water partition coefficient (Wildman–Crippen LogP) is 4.30. The van der Waals surface area contributed by atoms with Crippen molar-refractivity contribution in [2.75, 3.05) is 6.54 Å². The van der Waals surface area contributed by atoms with E-state index in [1.54, 1.807) is 12.1 Å². The van der Waals surface area contributed by atoms with E-state index in [2.05, 4.69) is 26.1 Å². The second kappa shape index (κ2) is 5.40. The maximum Gasteiger partial charge on any atom is 0.123 e. The van der Waals surface area contributed by atoms with Gasteiger partial charge in [0.25, 0.3) is 0 Å². The van der Waals surface area contributed by atoms with Crippen LogP contribution in [0.3, 0.4) is 0 Å². The summed E-state index contributed by atoms with van der Waals surface area (Å²) in [6.07, 6.45) is 3.75. The fraction of sp³-hybridized carbons (Fsp3) is 0.625. The topological polar surface area (TPSA) is 12.0 Å². The van der Waals surface area contributed by atoms with Crippen LogP contribution in [0.2, 0.25) is 0 Å². The van der Waals surface area contributed by atoms with Crippen LogP contribution < -0.4 is 5.32 Å². The Balaban J connectivity index is 2.02. The van der Waals surface area contributed by atoms with Crippen molar-refractivity contribution in [1.29, 1.82) is 0 Å². The molecule has 0 bridgehead atoms. The Bertz CT molecular complexity index is 379. The van der Waals surface area contributed by atoms with Gasteiger partial charge in [-0.25, -0.2) is 4.39 Å². The first kappa shape index (κ1) is 13.5. The van der Waals surface area contributed by atoms with Gasteiger partial charge in [-0.3, -0.25) is 0 Å². The first-order valence-electron chi connectivity index (χ1n) is 7.01. The zero-order valence-electron chi connectivity index (χ0n) is 11.7. The van der Waals surface area contributed by atoms with Crippen LogP contribution in [-0.2, 0) is 0 Å². The van der Waals surface area contributed by atoms with Gasteiger partial charge in [-0.2, -0.15) is 0 Å². The van der Waals surface area contributed by atoms with Gasteiger partial charge >= 0.3 is 0 Å². The number of halogens is 1. The van der Waals surface area contributed by atoms with Crippen LogP contribution in [0.4, 0.5) is 4.39 Å². The molecular weight excluding hydrogens is 225 g/mol. The zero-order valence-corrected chi connectivity index (χ0v) is 11.7. The van der Waals surface area contributed by atoms with Gasteiger partial charge in [0.2, 0.25) is 0 Å². The van der Waals surface area contributed by atoms with E-state index < -0.39 is 0 Å². The number of rotatable bonds is 6. The Labute approximate surface area is 110 Å². The molecule has 0 saturated heterocycles. The fourth-order valence-corrected chi connectivity index (χ4v) is 2.17. The molecule has 18 heavy (non-hydrogen) atoms. The lowest BCUT2D eigenvalue weighted by molar-refractivity contribution is 0.300. The van der Waals surface area contributed by atoms with Gasteiger partial charge in [0.15, 0.2) is 0 Å². The van der Waals surface area contributed by atoms with Gasteiger partial charge in [0.05, 0.1) is 0 Å².